The second kappa shape index (κ2) is 5.09. The van der Waals surface area contributed by atoms with Gasteiger partial charge in [0.15, 0.2) is 0 Å². The van der Waals surface area contributed by atoms with E-state index in [4.69, 9.17) is 0 Å². The molecule has 0 radical (unpaired) electrons. The van der Waals surface area contributed by atoms with Crippen molar-refractivity contribution in [3.8, 4) is 0 Å². The quantitative estimate of drug-likeness (QED) is 0.779. The number of anilines is 1. The maximum atomic E-state index is 12.4. The number of nitrogens with zero attached hydrogens (tertiary/aromatic N) is 2. The van der Waals surface area contributed by atoms with Gasteiger partial charge in [-0.3, -0.25) is 4.79 Å². The van der Waals surface area contributed by atoms with Gasteiger partial charge in [0, 0.05) is 16.4 Å². The summed E-state index contributed by atoms with van der Waals surface area (Å²) < 4.78 is 2.59. The molecule has 2 aromatic heterocycles. The number of rotatable bonds is 2. The number of aromatic nitrogens is 2. The Morgan fingerprint density at radius 1 is 1.25 bits per heavy atom. The number of hydrogen-bond acceptors (Lipinski definition) is 2. The summed E-state index contributed by atoms with van der Waals surface area (Å²) in [5.74, 6) is -0.156. The highest BCUT2D eigenvalue weighted by molar-refractivity contribution is 9.10. The number of amides is 1. The Labute approximate surface area is 124 Å². The van der Waals surface area contributed by atoms with Gasteiger partial charge in [-0.05, 0) is 46.6 Å². The molecule has 5 heteroatoms. The summed E-state index contributed by atoms with van der Waals surface area (Å²) in [6.45, 7) is 1.96. The van der Waals surface area contributed by atoms with Crippen LogP contribution in [0.4, 0.5) is 5.69 Å². The van der Waals surface area contributed by atoms with Crippen LogP contribution in [0.25, 0.3) is 5.52 Å². The zero-order valence-electron chi connectivity index (χ0n) is 10.8. The van der Waals surface area contributed by atoms with Gasteiger partial charge in [-0.25, -0.2) is 4.52 Å². The first kappa shape index (κ1) is 12.9. The molecule has 0 saturated carbocycles. The lowest BCUT2D eigenvalue weighted by Crippen LogP contribution is -2.12. The molecule has 0 spiro atoms. The van der Waals surface area contributed by atoms with Gasteiger partial charge < -0.3 is 5.32 Å². The number of aryl methyl sites for hydroxylation is 1. The van der Waals surface area contributed by atoms with E-state index in [1.807, 2.05) is 49.5 Å². The molecule has 1 amide bonds. The van der Waals surface area contributed by atoms with Crippen LogP contribution in [0.1, 0.15) is 15.9 Å². The summed E-state index contributed by atoms with van der Waals surface area (Å²) >= 11 is 3.38. The highest BCUT2D eigenvalue weighted by atomic mass is 79.9. The fourth-order valence-electron chi connectivity index (χ4n) is 2.04. The number of carbonyl (C=O) groups excluding carboxylic acids is 1. The molecule has 2 heterocycles. The van der Waals surface area contributed by atoms with E-state index in [0.717, 1.165) is 21.2 Å². The largest absolute Gasteiger partial charge is 0.322 e. The molecule has 0 saturated heterocycles. The van der Waals surface area contributed by atoms with Crippen LogP contribution in [0.2, 0.25) is 0 Å². The zero-order chi connectivity index (χ0) is 14.1. The molecule has 3 rings (SSSR count). The van der Waals surface area contributed by atoms with E-state index in [-0.39, 0.29) is 5.91 Å². The number of para-hydroxylation sites is 1. The Balaban J connectivity index is 1.95. The Kier molecular flexibility index (Phi) is 3.28. The number of carbonyl (C=O) groups is 1. The highest BCUT2D eigenvalue weighted by Crippen LogP contribution is 2.18. The van der Waals surface area contributed by atoms with Crippen molar-refractivity contribution in [2.24, 2.45) is 0 Å². The SMILES string of the molecule is Cc1ccccc1NC(=O)c1cnn2cc(Br)ccc12. The molecule has 0 aliphatic heterocycles. The van der Waals surface area contributed by atoms with Crippen molar-refractivity contribution in [3.63, 3.8) is 0 Å². The van der Waals surface area contributed by atoms with Crippen molar-refractivity contribution < 1.29 is 4.79 Å². The fraction of sp³-hybridized carbons (Fsp3) is 0.0667. The molecule has 0 unspecified atom stereocenters. The average Bonchev–Trinajstić information content (AvgIpc) is 2.84. The first-order chi connectivity index (χ1) is 9.65. The average molecular weight is 330 g/mol. The van der Waals surface area contributed by atoms with E-state index in [1.165, 1.54) is 0 Å². The van der Waals surface area contributed by atoms with Crippen LogP contribution in [0.5, 0.6) is 0 Å². The molecule has 4 nitrogen and oxygen atoms in total. The minimum Gasteiger partial charge on any atom is -0.322 e. The standard InChI is InChI=1S/C15H12BrN3O/c1-10-4-2-3-5-13(10)18-15(20)12-8-17-19-9-11(16)6-7-14(12)19/h2-9H,1H3,(H,18,20). The van der Waals surface area contributed by atoms with E-state index in [0.29, 0.717) is 5.56 Å². The zero-order valence-corrected chi connectivity index (χ0v) is 12.4. The van der Waals surface area contributed by atoms with Crippen LogP contribution in [-0.4, -0.2) is 15.5 Å². The lowest BCUT2D eigenvalue weighted by Gasteiger charge is -2.07. The molecule has 20 heavy (non-hydrogen) atoms. The van der Waals surface area contributed by atoms with Gasteiger partial charge in [0.1, 0.15) is 0 Å². The van der Waals surface area contributed by atoms with E-state index in [2.05, 4.69) is 26.3 Å². The van der Waals surface area contributed by atoms with Crippen molar-refractivity contribution in [2.75, 3.05) is 5.32 Å². The molecular formula is C15H12BrN3O. The number of halogens is 1. The molecular weight excluding hydrogens is 318 g/mol. The number of benzene rings is 1. The molecule has 1 N–H and O–H groups in total. The normalized spacial score (nSPS) is 10.7. The summed E-state index contributed by atoms with van der Waals surface area (Å²) in [6.07, 6.45) is 3.40. The van der Waals surface area contributed by atoms with Crippen LogP contribution >= 0.6 is 15.9 Å². The van der Waals surface area contributed by atoms with Crippen molar-refractivity contribution >= 4 is 33.0 Å². The monoisotopic (exact) mass is 329 g/mol. The minimum absolute atomic E-state index is 0.156. The number of fused-ring (bicyclic) bond motifs is 1. The Morgan fingerprint density at radius 2 is 2.05 bits per heavy atom. The van der Waals surface area contributed by atoms with Crippen molar-refractivity contribution in [1.29, 1.82) is 0 Å². The molecule has 100 valence electrons. The molecule has 0 fully saturated rings. The predicted molar refractivity (Wildman–Crippen MR) is 82.0 cm³/mol. The summed E-state index contributed by atoms with van der Waals surface area (Å²) in [6, 6.07) is 11.4. The van der Waals surface area contributed by atoms with Gasteiger partial charge in [0.05, 0.1) is 17.3 Å². The number of nitrogens with one attached hydrogen (secondary N) is 1. The highest BCUT2D eigenvalue weighted by Gasteiger charge is 2.13. The van der Waals surface area contributed by atoms with Crippen LogP contribution in [0.15, 0.2) is 53.3 Å². The molecule has 3 aromatic rings. The van der Waals surface area contributed by atoms with Crippen LogP contribution < -0.4 is 5.32 Å². The Bertz CT molecular complexity index is 795. The molecule has 0 bridgehead atoms. The van der Waals surface area contributed by atoms with Crippen LogP contribution in [0, 0.1) is 6.92 Å². The first-order valence-corrected chi connectivity index (χ1v) is 6.94. The third-order valence-corrected chi connectivity index (χ3v) is 3.59. The van der Waals surface area contributed by atoms with Gasteiger partial charge in [-0.15, -0.1) is 0 Å². The van der Waals surface area contributed by atoms with Gasteiger partial charge in [0.25, 0.3) is 5.91 Å². The van der Waals surface area contributed by atoms with E-state index < -0.39 is 0 Å². The van der Waals surface area contributed by atoms with Gasteiger partial charge in [0.2, 0.25) is 0 Å². The maximum absolute atomic E-state index is 12.4. The predicted octanol–water partition coefficient (Wildman–Crippen LogP) is 3.66. The summed E-state index contributed by atoms with van der Waals surface area (Å²) in [4.78, 5) is 12.4. The topological polar surface area (TPSA) is 46.4 Å². The van der Waals surface area contributed by atoms with E-state index in [9.17, 15) is 4.79 Å². The van der Waals surface area contributed by atoms with E-state index >= 15 is 0 Å². The molecule has 0 atom stereocenters. The lowest BCUT2D eigenvalue weighted by molar-refractivity contribution is 0.102. The Morgan fingerprint density at radius 3 is 2.85 bits per heavy atom. The van der Waals surface area contributed by atoms with Gasteiger partial charge in [-0.2, -0.15) is 5.10 Å². The second-order valence-corrected chi connectivity index (χ2v) is 5.42. The summed E-state index contributed by atoms with van der Waals surface area (Å²) in [5, 5.41) is 7.11. The molecule has 1 aromatic carbocycles. The van der Waals surface area contributed by atoms with Crippen molar-refractivity contribution in [2.45, 2.75) is 6.92 Å². The van der Waals surface area contributed by atoms with Gasteiger partial charge in [-0.1, -0.05) is 18.2 Å². The molecule has 0 aliphatic rings. The maximum Gasteiger partial charge on any atom is 0.259 e. The minimum atomic E-state index is -0.156. The Hall–Kier alpha value is -2.14. The third kappa shape index (κ3) is 2.32. The van der Waals surface area contributed by atoms with E-state index in [1.54, 1.807) is 10.7 Å². The number of pyridine rings is 1. The molecule has 0 aliphatic carbocycles. The van der Waals surface area contributed by atoms with Gasteiger partial charge >= 0.3 is 0 Å². The second-order valence-electron chi connectivity index (χ2n) is 4.50. The fourth-order valence-corrected chi connectivity index (χ4v) is 2.36. The van der Waals surface area contributed by atoms with Crippen LogP contribution in [-0.2, 0) is 0 Å². The summed E-state index contributed by atoms with van der Waals surface area (Å²) in [7, 11) is 0. The van der Waals surface area contributed by atoms with Crippen LogP contribution in [0.3, 0.4) is 0 Å². The van der Waals surface area contributed by atoms with Crippen molar-refractivity contribution in [1.82, 2.24) is 9.61 Å². The summed E-state index contributed by atoms with van der Waals surface area (Å²) in [5.41, 5.74) is 3.18. The first-order valence-electron chi connectivity index (χ1n) is 6.15. The smallest absolute Gasteiger partial charge is 0.259 e. The number of hydrogen-bond donors (Lipinski definition) is 1. The van der Waals surface area contributed by atoms with Crippen molar-refractivity contribution in [3.05, 3.63) is 64.4 Å². The third-order valence-electron chi connectivity index (χ3n) is 3.12. The lowest BCUT2D eigenvalue weighted by atomic mass is 10.2.